The number of nitro benzene ring substituents is 1. The van der Waals surface area contributed by atoms with E-state index < -0.39 is 4.92 Å². The number of nitro groups is 1. The molecule has 2 aromatic rings. The normalized spacial score (nSPS) is 13.2. The van der Waals surface area contributed by atoms with E-state index in [-0.39, 0.29) is 17.5 Å². The molecule has 0 aromatic heterocycles. The number of amides is 1. The standard InChI is InChI=1S/C18H14N2O3/c21-18(14-9-11-15(12-10-14)20(22)23)19-17-8-4-3-7-16(17)13-5-1-2-6-13/h1-13H,(H,19,21). The van der Waals surface area contributed by atoms with Crippen LogP contribution < -0.4 is 5.32 Å². The van der Waals surface area contributed by atoms with Crippen LogP contribution in [0.2, 0.25) is 0 Å². The number of non-ortho nitro benzene ring substituents is 1. The molecule has 0 unspecified atom stereocenters. The average molecular weight is 306 g/mol. The van der Waals surface area contributed by atoms with Crippen LogP contribution in [-0.2, 0) is 0 Å². The van der Waals surface area contributed by atoms with Crippen molar-refractivity contribution in [1.29, 1.82) is 0 Å². The highest BCUT2D eigenvalue weighted by atomic mass is 16.6. The van der Waals surface area contributed by atoms with Gasteiger partial charge in [-0.15, -0.1) is 0 Å². The van der Waals surface area contributed by atoms with E-state index in [4.69, 9.17) is 0 Å². The van der Waals surface area contributed by atoms with Gasteiger partial charge >= 0.3 is 0 Å². The van der Waals surface area contributed by atoms with E-state index in [1.165, 1.54) is 24.3 Å². The predicted octanol–water partition coefficient (Wildman–Crippen LogP) is 4.06. The van der Waals surface area contributed by atoms with Crippen molar-refractivity contribution in [3.8, 4) is 0 Å². The molecule has 0 atom stereocenters. The number of anilines is 1. The molecule has 3 rings (SSSR count). The van der Waals surface area contributed by atoms with Crippen molar-refractivity contribution >= 4 is 17.3 Å². The predicted molar refractivity (Wildman–Crippen MR) is 88.5 cm³/mol. The Hall–Kier alpha value is -3.21. The summed E-state index contributed by atoms with van der Waals surface area (Å²) in [5, 5.41) is 13.5. The van der Waals surface area contributed by atoms with E-state index in [1.807, 2.05) is 36.4 Å². The van der Waals surface area contributed by atoms with Gasteiger partial charge in [0, 0.05) is 29.3 Å². The molecule has 2 aromatic carbocycles. The first-order valence-corrected chi connectivity index (χ1v) is 7.15. The second kappa shape index (κ2) is 6.27. The first-order valence-electron chi connectivity index (χ1n) is 7.15. The van der Waals surface area contributed by atoms with E-state index in [1.54, 1.807) is 0 Å². The molecule has 0 radical (unpaired) electrons. The van der Waals surface area contributed by atoms with Gasteiger partial charge < -0.3 is 5.32 Å². The highest BCUT2D eigenvalue weighted by molar-refractivity contribution is 6.04. The number of para-hydroxylation sites is 1. The van der Waals surface area contributed by atoms with Crippen LogP contribution in [0.1, 0.15) is 21.8 Å². The van der Waals surface area contributed by atoms with Gasteiger partial charge in [-0.2, -0.15) is 0 Å². The number of hydrogen-bond acceptors (Lipinski definition) is 3. The Kier molecular flexibility index (Phi) is 4.01. The van der Waals surface area contributed by atoms with E-state index >= 15 is 0 Å². The lowest BCUT2D eigenvalue weighted by Crippen LogP contribution is -2.13. The highest BCUT2D eigenvalue weighted by Crippen LogP contribution is 2.29. The van der Waals surface area contributed by atoms with Gasteiger partial charge in [-0.3, -0.25) is 14.9 Å². The lowest BCUT2D eigenvalue weighted by Gasteiger charge is -2.14. The molecule has 23 heavy (non-hydrogen) atoms. The zero-order valence-corrected chi connectivity index (χ0v) is 12.2. The Morgan fingerprint density at radius 3 is 2.30 bits per heavy atom. The number of benzene rings is 2. The van der Waals surface area contributed by atoms with Gasteiger partial charge in [0.1, 0.15) is 0 Å². The largest absolute Gasteiger partial charge is 0.322 e. The van der Waals surface area contributed by atoms with Crippen LogP contribution in [0.25, 0.3) is 0 Å². The second-order valence-electron chi connectivity index (χ2n) is 5.14. The number of carbonyl (C=O) groups excluding carboxylic acids is 1. The van der Waals surface area contributed by atoms with Crippen molar-refractivity contribution < 1.29 is 9.72 Å². The third-order valence-corrected chi connectivity index (χ3v) is 3.66. The minimum Gasteiger partial charge on any atom is -0.322 e. The Morgan fingerprint density at radius 1 is 1.00 bits per heavy atom. The van der Waals surface area contributed by atoms with Gasteiger partial charge in [-0.1, -0.05) is 42.5 Å². The van der Waals surface area contributed by atoms with Crippen molar-refractivity contribution in [3.05, 3.63) is 94.1 Å². The van der Waals surface area contributed by atoms with Gasteiger partial charge in [0.15, 0.2) is 0 Å². The molecule has 114 valence electrons. The van der Waals surface area contributed by atoms with Crippen LogP contribution in [0.5, 0.6) is 0 Å². The minimum atomic E-state index is -0.490. The molecule has 0 aliphatic heterocycles. The molecular formula is C18H14N2O3. The summed E-state index contributed by atoms with van der Waals surface area (Å²) < 4.78 is 0. The Labute approximate surface area is 133 Å². The fourth-order valence-corrected chi connectivity index (χ4v) is 2.47. The summed E-state index contributed by atoms with van der Waals surface area (Å²) in [6, 6.07) is 13.1. The Balaban J connectivity index is 1.81. The van der Waals surface area contributed by atoms with E-state index in [0.717, 1.165) is 11.3 Å². The van der Waals surface area contributed by atoms with Gasteiger partial charge in [0.2, 0.25) is 0 Å². The zero-order valence-electron chi connectivity index (χ0n) is 12.2. The maximum atomic E-state index is 12.3. The molecular weight excluding hydrogens is 292 g/mol. The minimum absolute atomic E-state index is 0.0387. The summed E-state index contributed by atoms with van der Waals surface area (Å²) in [6.45, 7) is 0. The fourth-order valence-electron chi connectivity index (χ4n) is 2.47. The zero-order chi connectivity index (χ0) is 16.2. The molecule has 0 fully saturated rings. The Bertz CT molecular complexity index is 795. The average Bonchev–Trinajstić information content (AvgIpc) is 3.09. The summed E-state index contributed by atoms with van der Waals surface area (Å²) in [5.41, 5.74) is 2.08. The maximum absolute atomic E-state index is 12.3. The molecule has 0 saturated carbocycles. The number of nitrogens with one attached hydrogen (secondary N) is 1. The molecule has 5 nitrogen and oxygen atoms in total. The smallest absolute Gasteiger partial charge is 0.269 e. The van der Waals surface area contributed by atoms with Crippen LogP contribution in [0.3, 0.4) is 0 Å². The molecule has 5 heteroatoms. The lowest BCUT2D eigenvalue weighted by molar-refractivity contribution is -0.384. The third kappa shape index (κ3) is 3.18. The summed E-state index contributed by atoms with van der Waals surface area (Å²) in [4.78, 5) is 22.5. The Morgan fingerprint density at radius 2 is 1.65 bits per heavy atom. The number of carbonyl (C=O) groups is 1. The summed E-state index contributed by atoms with van der Waals surface area (Å²) >= 11 is 0. The molecule has 1 N–H and O–H groups in total. The number of rotatable bonds is 4. The molecule has 0 spiro atoms. The van der Waals surface area contributed by atoms with E-state index in [2.05, 4.69) is 17.5 Å². The van der Waals surface area contributed by atoms with Gasteiger partial charge in [0.25, 0.3) is 11.6 Å². The molecule has 0 bridgehead atoms. The van der Waals surface area contributed by atoms with E-state index in [9.17, 15) is 14.9 Å². The van der Waals surface area contributed by atoms with Crippen molar-refractivity contribution in [2.45, 2.75) is 5.92 Å². The number of hydrogen-bond donors (Lipinski definition) is 1. The van der Waals surface area contributed by atoms with Crippen molar-refractivity contribution in [1.82, 2.24) is 0 Å². The number of nitrogens with zero attached hydrogens (tertiary/aromatic N) is 1. The third-order valence-electron chi connectivity index (χ3n) is 3.66. The van der Waals surface area contributed by atoms with E-state index in [0.29, 0.717) is 5.56 Å². The van der Waals surface area contributed by atoms with Crippen LogP contribution >= 0.6 is 0 Å². The van der Waals surface area contributed by atoms with Gasteiger partial charge in [0.05, 0.1) is 4.92 Å². The van der Waals surface area contributed by atoms with Gasteiger partial charge in [-0.05, 0) is 23.8 Å². The van der Waals surface area contributed by atoms with Crippen LogP contribution in [0, 0.1) is 10.1 Å². The number of allylic oxidation sites excluding steroid dienone is 4. The van der Waals surface area contributed by atoms with Crippen molar-refractivity contribution in [2.24, 2.45) is 0 Å². The summed E-state index contributed by atoms with van der Waals surface area (Å²) in [7, 11) is 0. The topological polar surface area (TPSA) is 72.2 Å². The fraction of sp³-hybridized carbons (Fsp3) is 0.0556. The first-order chi connectivity index (χ1) is 11.1. The second-order valence-corrected chi connectivity index (χ2v) is 5.14. The van der Waals surface area contributed by atoms with Crippen molar-refractivity contribution in [3.63, 3.8) is 0 Å². The molecule has 1 aliphatic carbocycles. The lowest BCUT2D eigenvalue weighted by atomic mass is 9.98. The van der Waals surface area contributed by atoms with Gasteiger partial charge in [-0.25, -0.2) is 0 Å². The highest BCUT2D eigenvalue weighted by Gasteiger charge is 2.15. The molecule has 1 amide bonds. The van der Waals surface area contributed by atoms with Crippen LogP contribution in [0.15, 0.2) is 72.8 Å². The first kappa shape index (κ1) is 14.7. The SMILES string of the molecule is O=C(Nc1ccccc1C1C=CC=C1)c1ccc([N+](=O)[O-])cc1. The summed E-state index contributed by atoms with van der Waals surface area (Å²) in [5.74, 6) is -0.151. The maximum Gasteiger partial charge on any atom is 0.269 e. The monoisotopic (exact) mass is 306 g/mol. The van der Waals surface area contributed by atoms with Crippen molar-refractivity contribution in [2.75, 3.05) is 5.32 Å². The summed E-state index contributed by atoms with van der Waals surface area (Å²) in [6.07, 6.45) is 8.05. The molecule has 1 aliphatic rings. The van der Waals surface area contributed by atoms with Crippen LogP contribution in [0.4, 0.5) is 11.4 Å². The molecule has 0 heterocycles. The van der Waals surface area contributed by atoms with Crippen LogP contribution in [-0.4, -0.2) is 10.8 Å². The quantitative estimate of drug-likeness (QED) is 0.684. The molecule has 0 saturated heterocycles.